The van der Waals surface area contributed by atoms with Crippen LogP contribution in [0.25, 0.3) is 0 Å². The number of halogens is 1. The van der Waals surface area contributed by atoms with Crippen LogP contribution in [-0.2, 0) is 9.53 Å². The Kier molecular flexibility index (Phi) is 5.80. The van der Waals surface area contributed by atoms with Crippen LogP contribution in [0.15, 0.2) is 42.5 Å². The molecule has 0 unspecified atom stereocenters. The molecule has 2 aromatic carbocycles. The van der Waals surface area contributed by atoms with Gasteiger partial charge in [-0.2, -0.15) is 0 Å². The highest BCUT2D eigenvalue weighted by molar-refractivity contribution is 6.33. The number of rotatable bonds is 6. The van der Waals surface area contributed by atoms with E-state index < -0.39 is 23.4 Å². The zero-order chi connectivity index (χ0) is 18.4. The van der Waals surface area contributed by atoms with Gasteiger partial charge in [-0.25, -0.2) is 4.79 Å². The number of aldehydes is 1. The number of hydrogen-bond donors (Lipinski definition) is 1. The van der Waals surface area contributed by atoms with Gasteiger partial charge in [-0.1, -0.05) is 23.7 Å². The van der Waals surface area contributed by atoms with E-state index in [0.29, 0.717) is 11.8 Å². The number of esters is 1. The predicted octanol–water partition coefficient (Wildman–Crippen LogP) is 2.86. The standard InChI is InChI=1S/C16H11ClN2O6/c17-13-6-5-12(19(23)24)7-14(13)18-15(21)9-25-16(22)11-3-1-10(8-20)2-4-11/h1-8H,9H2,(H,18,21). The van der Waals surface area contributed by atoms with Gasteiger partial charge in [-0.15, -0.1) is 0 Å². The van der Waals surface area contributed by atoms with Crippen molar-refractivity contribution in [2.45, 2.75) is 0 Å². The molecule has 8 nitrogen and oxygen atoms in total. The van der Waals surface area contributed by atoms with E-state index in [0.717, 1.165) is 6.07 Å². The van der Waals surface area contributed by atoms with E-state index in [9.17, 15) is 24.5 Å². The van der Waals surface area contributed by atoms with E-state index in [-0.39, 0.29) is 22.0 Å². The van der Waals surface area contributed by atoms with Gasteiger partial charge in [0, 0.05) is 17.7 Å². The highest BCUT2D eigenvalue weighted by atomic mass is 35.5. The maximum atomic E-state index is 11.8. The van der Waals surface area contributed by atoms with Crippen LogP contribution < -0.4 is 5.32 Å². The third kappa shape index (κ3) is 4.85. The smallest absolute Gasteiger partial charge is 0.338 e. The van der Waals surface area contributed by atoms with Crippen LogP contribution >= 0.6 is 11.6 Å². The van der Waals surface area contributed by atoms with Crippen LogP contribution in [0, 0.1) is 10.1 Å². The van der Waals surface area contributed by atoms with E-state index in [4.69, 9.17) is 16.3 Å². The Morgan fingerprint density at radius 3 is 2.48 bits per heavy atom. The average molecular weight is 363 g/mol. The molecule has 0 saturated carbocycles. The fourth-order valence-electron chi connectivity index (χ4n) is 1.82. The van der Waals surface area contributed by atoms with Crippen molar-refractivity contribution in [3.05, 3.63) is 68.7 Å². The first-order chi connectivity index (χ1) is 11.9. The molecule has 0 saturated heterocycles. The number of ether oxygens (including phenoxy) is 1. The molecule has 0 bridgehead atoms. The third-order valence-electron chi connectivity index (χ3n) is 3.05. The van der Waals surface area contributed by atoms with Gasteiger partial charge in [-0.3, -0.25) is 19.7 Å². The summed E-state index contributed by atoms with van der Waals surface area (Å²) in [6, 6.07) is 9.22. The number of carbonyl (C=O) groups is 3. The molecule has 0 aliphatic carbocycles. The van der Waals surface area contributed by atoms with E-state index in [2.05, 4.69) is 5.32 Å². The van der Waals surface area contributed by atoms with E-state index in [1.807, 2.05) is 0 Å². The topological polar surface area (TPSA) is 116 Å². The van der Waals surface area contributed by atoms with Gasteiger partial charge < -0.3 is 10.1 Å². The molecule has 0 spiro atoms. The molecule has 2 aromatic rings. The highest BCUT2D eigenvalue weighted by Crippen LogP contribution is 2.26. The maximum absolute atomic E-state index is 11.8. The summed E-state index contributed by atoms with van der Waals surface area (Å²) in [6.07, 6.45) is 0.630. The quantitative estimate of drug-likeness (QED) is 0.365. The summed E-state index contributed by atoms with van der Waals surface area (Å²) in [5.41, 5.74) is 0.362. The molecule has 25 heavy (non-hydrogen) atoms. The number of nitro benzene ring substituents is 1. The van der Waals surface area contributed by atoms with Crippen molar-refractivity contribution in [3.63, 3.8) is 0 Å². The third-order valence-corrected chi connectivity index (χ3v) is 3.38. The second kappa shape index (κ2) is 8.02. The molecule has 0 aliphatic rings. The lowest BCUT2D eigenvalue weighted by Gasteiger charge is -2.08. The zero-order valence-corrected chi connectivity index (χ0v) is 13.4. The van der Waals surface area contributed by atoms with Crippen LogP contribution in [0.2, 0.25) is 5.02 Å². The predicted molar refractivity (Wildman–Crippen MR) is 88.8 cm³/mol. The number of anilines is 1. The Bertz CT molecular complexity index is 835. The molecule has 0 aliphatic heterocycles. The molecule has 0 radical (unpaired) electrons. The van der Waals surface area contributed by atoms with Crippen molar-refractivity contribution in [3.8, 4) is 0 Å². The van der Waals surface area contributed by atoms with Crippen LogP contribution in [-0.4, -0.2) is 29.7 Å². The fourth-order valence-corrected chi connectivity index (χ4v) is 1.99. The molecule has 0 heterocycles. The summed E-state index contributed by atoms with van der Waals surface area (Å²) >= 11 is 5.86. The Morgan fingerprint density at radius 1 is 1.20 bits per heavy atom. The Morgan fingerprint density at radius 2 is 1.88 bits per heavy atom. The summed E-state index contributed by atoms with van der Waals surface area (Å²) in [6.45, 7) is -0.604. The van der Waals surface area contributed by atoms with Gasteiger partial charge in [0.15, 0.2) is 6.61 Å². The zero-order valence-electron chi connectivity index (χ0n) is 12.6. The Labute approximate surface area is 146 Å². The highest BCUT2D eigenvalue weighted by Gasteiger charge is 2.14. The number of non-ortho nitro benzene ring substituents is 1. The summed E-state index contributed by atoms with van der Waals surface area (Å²) in [5.74, 6) is -1.46. The number of amides is 1. The van der Waals surface area contributed by atoms with Gasteiger partial charge in [0.1, 0.15) is 6.29 Å². The van der Waals surface area contributed by atoms with E-state index in [1.54, 1.807) is 0 Å². The van der Waals surface area contributed by atoms with E-state index >= 15 is 0 Å². The van der Waals surface area contributed by atoms with Crippen molar-refractivity contribution in [2.24, 2.45) is 0 Å². The molecule has 0 aromatic heterocycles. The van der Waals surface area contributed by atoms with Gasteiger partial charge in [0.25, 0.3) is 11.6 Å². The number of nitrogens with one attached hydrogen (secondary N) is 1. The van der Waals surface area contributed by atoms with Crippen molar-refractivity contribution in [2.75, 3.05) is 11.9 Å². The van der Waals surface area contributed by atoms with Gasteiger partial charge in [0.05, 0.1) is 21.2 Å². The monoisotopic (exact) mass is 362 g/mol. The first-order valence-electron chi connectivity index (χ1n) is 6.87. The molecule has 1 amide bonds. The van der Waals surface area contributed by atoms with Crippen molar-refractivity contribution >= 4 is 41.1 Å². The second-order valence-corrected chi connectivity index (χ2v) is 5.19. The number of nitro groups is 1. The Hall–Kier alpha value is -3.26. The summed E-state index contributed by atoms with van der Waals surface area (Å²) < 4.78 is 4.84. The van der Waals surface area contributed by atoms with Gasteiger partial charge >= 0.3 is 5.97 Å². The van der Waals surface area contributed by atoms with Crippen molar-refractivity contribution in [1.82, 2.24) is 0 Å². The molecule has 2 rings (SSSR count). The minimum absolute atomic E-state index is 0.0345. The van der Waals surface area contributed by atoms with Crippen LogP contribution in [0.4, 0.5) is 11.4 Å². The number of hydrogen-bond acceptors (Lipinski definition) is 6. The minimum atomic E-state index is -0.752. The summed E-state index contributed by atoms with van der Waals surface area (Å²) in [4.78, 5) is 44.3. The average Bonchev–Trinajstić information content (AvgIpc) is 2.61. The number of carbonyl (C=O) groups excluding carboxylic acids is 3. The van der Waals surface area contributed by atoms with Crippen LogP contribution in [0.3, 0.4) is 0 Å². The lowest BCUT2D eigenvalue weighted by molar-refractivity contribution is -0.384. The normalized spacial score (nSPS) is 9.96. The summed E-state index contributed by atoms with van der Waals surface area (Å²) in [7, 11) is 0. The lowest BCUT2D eigenvalue weighted by atomic mass is 10.1. The Balaban J connectivity index is 1.96. The number of nitrogens with zero attached hydrogens (tertiary/aromatic N) is 1. The lowest BCUT2D eigenvalue weighted by Crippen LogP contribution is -2.21. The first-order valence-corrected chi connectivity index (χ1v) is 7.24. The van der Waals surface area contributed by atoms with Gasteiger partial charge in [-0.05, 0) is 18.2 Å². The number of benzene rings is 2. The fraction of sp³-hybridized carbons (Fsp3) is 0.0625. The SMILES string of the molecule is O=Cc1ccc(C(=O)OCC(=O)Nc2cc([N+](=O)[O-])ccc2Cl)cc1. The second-order valence-electron chi connectivity index (χ2n) is 4.79. The van der Waals surface area contributed by atoms with Crippen LogP contribution in [0.5, 0.6) is 0 Å². The molecule has 1 N–H and O–H groups in total. The van der Waals surface area contributed by atoms with E-state index in [1.165, 1.54) is 36.4 Å². The minimum Gasteiger partial charge on any atom is -0.452 e. The molecule has 0 fully saturated rings. The summed E-state index contributed by atoms with van der Waals surface area (Å²) in [5, 5.41) is 13.2. The first kappa shape index (κ1) is 18.1. The van der Waals surface area contributed by atoms with Gasteiger partial charge in [0.2, 0.25) is 0 Å². The molecular weight excluding hydrogens is 352 g/mol. The molecular formula is C16H11ClN2O6. The maximum Gasteiger partial charge on any atom is 0.338 e. The largest absolute Gasteiger partial charge is 0.452 e. The van der Waals surface area contributed by atoms with Crippen molar-refractivity contribution < 1.29 is 24.0 Å². The molecule has 9 heteroatoms. The van der Waals surface area contributed by atoms with Crippen LogP contribution in [0.1, 0.15) is 20.7 Å². The van der Waals surface area contributed by atoms with Crippen molar-refractivity contribution in [1.29, 1.82) is 0 Å². The molecule has 128 valence electrons. The molecule has 0 atom stereocenters.